The normalized spacial score (nSPS) is 14.1. The molecular weight excluding hydrogens is 230 g/mol. The fourth-order valence-corrected chi connectivity index (χ4v) is 3.44. The van der Waals surface area contributed by atoms with Crippen LogP contribution in [-0.4, -0.2) is 30.7 Å². The first-order valence-corrected chi connectivity index (χ1v) is 8.96. The van der Waals surface area contributed by atoms with Crippen molar-refractivity contribution in [2.45, 2.75) is 80.1 Å². The van der Waals surface area contributed by atoms with E-state index in [0.29, 0.717) is 0 Å². The second-order valence-electron chi connectivity index (χ2n) is 6.35. The van der Waals surface area contributed by atoms with E-state index in [4.69, 9.17) is 0 Å². The smallest absolute Gasteiger partial charge is 0.0786 e. The van der Waals surface area contributed by atoms with Crippen LogP contribution >= 0.6 is 0 Å². The highest BCUT2D eigenvalue weighted by atomic mass is 15.3. The quantitative estimate of drug-likeness (QED) is 0.411. The van der Waals surface area contributed by atoms with Gasteiger partial charge < -0.3 is 4.48 Å². The lowest BCUT2D eigenvalue weighted by Crippen LogP contribution is -2.48. The van der Waals surface area contributed by atoms with Gasteiger partial charge in [0.2, 0.25) is 0 Å². The van der Waals surface area contributed by atoms with E-state index in [-0.39, 0.29) is 0 Å². The van der Waals surface area contributed by atoms with Crippen LogP contribution in [0.5, 0.6) is 0 Å². The Morgan fingerprint density at radius 3 is 1.53 bits per heavy atom. The summed E-state index contributed by atoms with van der Waals surface area (Å²) in [6.45, 7) is 19.5. The van der Waals surface area contributed by atoms with E-state index in [1.807, 2.05) is 0 Å². The van der Waals surface area contributed by atoms with Crippen LogP contribution in [0.1, 0.15) is 80.1 Å². The molecule has 0 N–H and O–H groups in total. The van der Waals surface area contributed by atoms with Crippen LogP contribution in [0.4, 0.5) is 0 Å². The van der Waals surface area contributed by atoms with Gasteiger partial charge in [-0.3, -0.25) is 0 Å². The maximum absolute atomic E-state index is 2.38. The molecule has 19 heavy (non-hydrogen) atoms. The van der Waals surface area contributed by atoms with E-state index < -0.39 is 0 Å². The molecule has 116 valence electrons. The van der Waals surface area contributed by atoms with E-state index in [0.717, 1.165) is 11.8 Å². The van der Waals surface area contributed by atoms with Crippen molar-refractivity contribution < 1.29 is 4.48 Å². The van der Waals surface area contributed by atoms with Gasteiger partial charge in [-0.15, -0.1) is 0 Å². The van der Waals surface area contributed by atoms with E-state index in [9.17, 15) is 0 Å². The average Bonchev–Trinajstić information content (AvgIpc) is 2.47. The van der Waals surface area contributed by atoms with Gasteiger partial charge in [0, 0.05) is 0 Å². The van der Waals surface area contributed by atoms with Crippen LogP contribution in [0.3, 0.4) is 0 Å². The number of nitrogens with zero attached hydrogens (tertiary/aromatic N) is 1. The molecule has 0 fully saturated rings. The molecule has 0 aliphatic heterocycles. The largest absolute Gasteiger partial charge is 0.324 e. The average molecular weight is 271 g/mol. The molecule has 0 radical (unpaired) electrons. The van der Waals surface area contributed by atoms with E-state index in [1.54, 1.807) is 0 Å². The summed E-state index contributed by atoms with van der Waals surface area (Å²) in [6, 6.07) is 0. The van der Waals surface area contributed by atoms with Gasteiger partial charge in [-0.25, -0.2) is 0 Å². The first-order chi connectivity index (χ1) is 9.11. The van der Waals surface area contributed by atoms with Crippen molar-refractivity contribution in [1.29, 1.82) is 0 Å². The van der Waals surface area contributed by atoms with Gasteiger partial charge >= 0.3 is 0 Å². The second-order valence-corrected chi connectivity index (χ2v) is 6.35. The SMILES string of the molecule is CCC(CC)CC(CC)CCC[N+](CC)(CC)CC. The van der Waals surface area contributed by atoms with Crippen molar-refractivity contribution in [2.24, 2.45) is 11.8 Å². The number of rotatable bonds is 12. The standard InChI is InChI=1S/C18H40N/c1-7-17(8-2)16-18(9-3)14-13-15-19(10-4,11-5)12-6/h17-18H,7-16H2,1-6H3/q+1. The summed E-state index contributed by atoms with van der Waals surface area (Å²) in [5, 5.41) is 0. The predicted molar refractivity (Wildman–Crippen MR) is 88.5 cm³/mol. The highest BCUT2D eigenvalue weighted by molar-refractivity contribution is 4.64. The Morgan fingerprint density at radius 1 is 0.684 bits per heavy atom. The predicted octanol–water partition coefficient (Wildman–Crippen LogP) is 5.50. The molecule has 1 unspecified atom stereocenters. The van der Waals surface area contributed by atoms with E-state index >= 15 is 0 Å². The summed E-state index contributed by atoms with van der Waals surface area (Å²) in [7, 11) is 0. The third-order valence-corrected chi connectivity index (χ3v) is 5.66. The Hall–Kier alpha value is -0.0400. The molecule has 0 aromatic carbocycles. The monoisotopic (exact) mass is 270 g/mol. The lowest BCUT2D eigenvalue weighted by molar-refractivity contribution is -0.923. The highest BCUT2D eigenvalue weighted by Crippen LogP contribution is 2.25. The Morgan fingerprint density at radius 2 is 1.16 bits per heavy atom. The molecule has 0 aliphatic rings. The molecule has 0 spiro atoms. The summed E-state index contributed by atoms with van der Waals surface area (Å²) in [4.78, 5) is 0. The number of hydrogen-bond acceptors (Lipinski definition) is 0. The number of quaternary nitrogens is 1. The molecule has 1 heteroatoms. The van der Waals surface area contributed by atoms with Crippen LogP contribution in [0.25, 0.3) is 0 Å². The van der Waals surface area contributed by atoms with Crippen LogP contribution in [0.15, 0.2) is 0 Å². The number of hydrogen-bond donors (Lipinski definition) is 0. The van der Waals surface area contributed by atoms with Crippen LogP contribution in [0, 0.1) is 11.8 Å². The summed E-state index contributed by atoms with van der Waals surface area (Å²) in [5.41, 5.74) is 0. The molecule has 0 saturated heterocycles. The maximum Gasteiger partial charge on any atom is 0.0786 e. The van der Waals surface area contributed by atoms with Gasteiger partial charge in [0.25, 0.3) is 0 Å². The fourth-order valence-electron chi connectivity index (χ4n) is 3.44. The van der Waals surface area contributed by atoms with Gasteiger partial charge in [-0.1, -0.05) is 40.0 Å². The molecule has 0 heterocycles. The molecule has 0 bridgehead atoms. The third-order valence-electron chi connectivity index (χ3n) is 5.66. The van der Waals surface area contributed by atoms with Crippen molar-refractivity contribution in [3.8, 4) is 0 Å². The minimum Gasteiger partial charge on any atom is -0.324 e. The van der Waals surface area contributed by atoms with E-state index in [2.05, 4.69) is 41.5 Å². The Balaban J connectivity index is 4.13. The highest BCUT2D eigenvalue weighted by Gasteiger charge is 2.21. The van der Waals surface area contributed by atoms with Gasteiger partial charge in [0.15, 0.2) is 0 Å². The Kier molecular flexibility index (Phi) is 10.7. The first kappa shape index (κ1) is 19.0. The van der Waals surface area contributed by atoms with Crippen molar-refractivity contribution in [2.75, 3.05) is 26.2 Å². The van der Waals surface area contributed by atoms with Crippen molar-refractivity contribution >= 4 is 0 Å². The summed E-state index contributed by atoms with van der Waals surface area (Å²) < 4.78 is 1.32. The molecule has 0 rings (SSSR count). The molecule has 0 saturated carbocycles. The third kappa shape index (κ3) is 6.79. The lowest BCUT2D eigenvalue weighted by atomic mass is 9.86. The Bertz CT molecular complexity index is 184. The molecule has 0 amide bonds. The minimum absolute atomic E-state index is 0.965. The van der Waals surface area contributed by atoms with Gasteiger partial charge in [0.1, 0.15) is 0 Å². The summed E-state index contributed by atoms with van der Waals surface area (Å²) >= 11 is 0. The lowest BCUT2D eigenvalue weighted by Gasteiger charge is -2.36. The maximum atomic E-state index is 2.38. The van der Waals surface area contributed by atoms with Gasteiger partial charge in [0.05, 0.1) is 26.2 Å². The zero-order valence-electron chi connectivity index (χ0n) is 14.7. The summed E-state index contributed by atoms with van der Waals surface area (Å²) in [5.74, 6) is 1.94. The molecule has 0 aliphatic carbocycles. The Labute approximate surface area is 123 Å². The van der Waals surface area contributed by atoms with Crippen molar-refractivity contribution in [3.63, 3.8) is 0 Å². The van der Waals surface area contributed by atoms with Crippen LogP contribution in [-0.2, 0) is 0 Å². The van der Waals surface area contributed by atoms with Gasteiger partial charge in [-0.2, -0.15) is 0 Å². The van der Waals surface area contributed by atoms with Crippen molar-refractivity contribution in [3.05, 3.63) is 0 Å². The topological polar surface area (TPSA) is 0 Å². The molecule has 0 aromatic rings. The second kappa shape index (κ2) is 10.7. The molecule has 1 nitrogen and oxygen atoms in total. The van der Waals surface area contributed by atoms with Crippen LogP contribution < -0.4 is 0 Å². The molecule has 1 atom stereocenters. The van der Waals surface area contributed by atoms with Gasteiger partial charge in [-0.05, 0) is 51.9 Å². The fraction of sp³-hybridized carbons (Fsp3) is 1.00. The van der Waals surface area contributed by atoms with E-state index in [1.165, 1.54) is 69.2 Å². The first-order valence-electron chi connectivity index (χ1n) is 8.96. The molecule has 0 aromatic heterocycles. The minimum atomic E-state index is 0.965. The summed E-state index contributed by atoms with van der Waals surface area (Å²) in [6.07, 6.45) is 8.45. The molecular formula is C18H40N+. The van der Waals surface area contributed by atoms with Crippen LogP contribution in [0.2, 0.25) is 0 Å². The zero-order chi connectivity index (χ0) is 14.7. The van der Waals surface area contributed by atoms with Crippen molar-refractivity contribution in [1.82, 2.24) is 0 Å². The zero-order valence-corrected chi connectivity index (χ0v) is 14.7.